The number of piperazine rings is 1. The van der Waals surface area contributed by atoms with Gasteiger partial charge in [0.05, 0.1) is 6.54 Å². The third-order valence-electron chi connectivity index (χ3n) is 6.06. The Hall–Kier alpha value is -2.13. The lowest BCUT2D eigenvalue weighted by Crippen LogP contribution is -2.45. The van der Waals surface area contributed by atoms with Crippen LogP contribution in [0.15, 0.2) is 59.7 Å². The first-order valence-electron chi connectivity index (χ1n) is 11.4. The lowest BCUT2D eigenvalue weighted by molar-refractivity contribution is 0.312. The molecule has 2 aliphatic rings. The van der Waals surface area contributed by atoms with Crippen molar-refractivity contribution in [3.8, 4) is 0 Å². The standard InChI is InChI=1S/C25H34N6.HI/c1-3-26-25(31-14-11-22(12-15-31)21-8-5-4-6-9-21)28-20-23-10-7-13-27-24(23)30-18-16-29(2)17-19-30;/h4-11,13H,3,12,14-20H2,1-2H3,(H,26,28);1H. The van der Waals surface area contributed by atoms with Gasteiger partial charge in [0.15, 0.2) is 5.96 Å². The lowest BCUT2D eigenvalue weighted by atomic mass is 10.00. The van der Waals surface area contributed by atoms with Crippen LogP contribution in [0.1, 0.15) is 24.5 Å². The summed E-state index contributed by atoms with van der Waals surface area (Å²) >= 11 is 0. The number of pyridine rings is 1. The fourth-order valence-electron chi connectivity index (χ4n) is 4.22. The molecule has 1 fully saturated rings. The maximum absolute atomic E-state index is 5.00. The second-order valence-corrected chi connectivity index (χ2v) is 8.24. The van der Waals surface area contributed by atoms with E-state index in [2.05, 4.69) is 76.5 Å². The largest absolute Gasteiger partial charge is 0.356 e. The van der Waals surface area contributed by atoms with Gasteiger partial charge in [-0.05, 0) is 37.6 Å². The Morgan fingerprint density at radius 1 is 1.03 bits per heavy atom. The minimum Gasteiger partial charge on any atom is -0.356 e. The molecule has 2 aromatic rings. The predicted molar refractivity (Wildman–Crippen MR) is 145 cm³/mol. The van der Waals surface area contributed by atoms with Crippen LogP contribution in [0.25, 0.3) is 5.57 Å². The Kier molecular flexibility index (Phi) is 9.35. The molecule has 1 saturated heterocycles. The van der Waals surface area contributed by atoms with E-state index in [1.54, 1.807) is 0 Å². The van der Waals surface area contributed by atoms with E-state index in [1.165, 1.54) is 16.7 Å². The molecule has 0 aliphatic carbocycles. The van der Waals surface area contributed by atoms with Crippen LogP contribution in [0.5, 0.6) is 0 Å². The summed E-state index contributed by atoms with van der Waals surface area (Å²) in [7, 11) is 2.18. The van der Waals surface area contributed by atoms with Crippen LogP contribution in [0.4, 0.5) is 5.82 Å². The Morgan fingerprint density at radius 2 is 1.81 bits per heavy atom. The third kappa shape index (κ3) is 6.22. The summed E-state index contributed by atoms with van der Waals surface area (Å²) < 4.78 is 0. The van der Waals surface area contributed by atoms with E-state index in [4.69, 9.17) is 9.98 Å². The molecule has 0 amide bonds. The fourth-order valence-corrected chi connectivity index (χ4v) is 4.22. The van der Waals surface area contributed by atoms with Crippen molar-refractivity contribution >= 4 is 41.3 Å². The highest BCUT2D eigenvalue weighted by Crippen LogP contribution is 2.23. The summed E-state index contributed by atoms with van der Waals surface area (Å²) in [5.74, 6) is 2.07. The number of hydrogen-bond donors (Lipinski definition) is 1. The van der Waals surface area contributed by atoms with Crippen LogP contribution in [-0.2, 0) is 6.54 Å². The fraction of sp³-hybridized carbons (Fsp3) is 0.440. The van der Waals surface area contributed by atoms with Gasteiger partial charge < -0.3 is 20.0 Å². The number of aromatic nitrogens is 1. The van der Waals surface area contributed by atoms with Crippen LogP contribution in [-0.4, -0.2) is 73.6 Å². The van der Waals surface area contributed by atoms with E-state index >= 15 is 0 Å². The first kappa shape index (κ1) is 24.5. The van der Waals surface area contributed by atoms with Gasteiger partial charge in [-0.25, -0.2) is 9.98 Å². The Balaban J connectivity index is 0.00000289. The maximum atomic E-state index is 5.00. The topological polar surface area (TPSA) is 47.0 Å². The van der Waals surface area contributed by atoms with Crippen molar-refractivity contribution in [3.63, 3.8) is 0 Å². The summed E-state index contributed by atoms with van der Waals surface area (Å²) in [5, 5.41) is 3.49. The van der Waals surface area contributed by atoms with Gasteiger partial charge in [0.25, 0.3) is 0 Å². The molecule has 3 heterocycles. The number of nitrogens with one attached hydrogen (secondary N) is 1. The van der Waals surface area contributed by atoms with Crippen molar-refractivity contribution in [3.05, 3.63) is 65.9 Å². The molecule has 0 bridgehead atoms. The minimum atomic E-state index is 0. The van der Waals surface area contributed by atoms with Gasteiger partial charge in [0, 0.05) is 57.6 Å². The molecular weight excluding hydrogens is 511 g/mol. The number of aliphatic imine (C=N–C) groups is 1. The molecule has 0 spiro atoms. The van der Waals surface area contributed by atoms with Crippen molar-refractivity contribution in [2.45, 2.75) is 19.9 Å². The quantitative estimate of drug-likeness (QED) is 0.352. The van der Waals surface area contributed by atoms with E-state index in [-0.39, 0.29) is 24.0 Å². The number of likely N-dealkylation sites (N-methyl/N-ethyl adjacent to an activating group) is 1. The van der Waals surface area contributed by atoms with E-state index in [9.17, 15) is 0 Å². The van der Waals surface area contributed by atoms with E-state index in [0.29, 0.717) is 6.54 Å². The summed E-state index contributed by atoms with van der Waals surface area (Å²) in [6.45, 7) is 9.68. The molecule has 0 unspecified atom stereocenters. The van der Waals surface area contributed by atoms with Gasteiger partial charge >= 0.3 is 0 Å². The number of anilines is 1. The normalized spacial score (nSPS) is 17.6. The molecule has 1 aromatic heterocycles. The maximum Gasteiger partial charge on any atom is 0.194 e. The zero-order valence-corrected chi connectivity index (χ0v) is 21.5. The van der Waals surface area contributed by atoms with Crippen molar-refractivity contribution < 1.29 is 0 Å². The van der Waals surface area contributed by atoms with E-state index in [1.807, 2.05) is 12.3 Å². The highest BCUT2D eigenvalue weighted by Gasteiger charge is 2.19. The molecule has 0 saturated carbocycles. The molecule has 7 heteroatoms. The van der Waals surface area contributed by atoms with Gasteiger partial charge in [0.1, 0.15) is 5.82 Å². The Morgan fingerprint density at radius 3 is 2.50 bits per heavy atom. The van der Waals surface area contributed by atoms with Gasteiger partial charge in [0.2, 0.25) is 0 Å². The van der Waals surface area contributed by atoms with Gasteiger partial charge in [-0.1, -0.05) is 42.5 Å². The number of hydrogen-bond acceptors (Lipinski definition) is 4. The molecule has 0 radical (unpaired) electrons. The number of benzene rings is 1. The zero-order valence-electron chi connectivity index (χ0n) is 19.2. The molecule has 32 heavy (non-hydrogen) atoms. The first-order valence-corrected chi connectivity index (χ1v) is 11.4. The number of nitrogens with zero attached hydrogens (tertiary/aromatic N) is 5. The third-order valence-corrected chi connectivity index (χ3v) is 6.06. The van der Waals surface area contributed by atoms with Crippen LogP contribution in [0.3, 0.4) is 0 Å². The Labute approximate surface area is 209 Å². The molecule has 0 atom stereocenters. The van der Waals surface area contributed by atoms with Gasteiger partial charge in [-0.2, -0.15) is 0 Å². The molecule has 1 aromatic carbocycles. The average Bonchev–Trinajstić information content (AvgIpc) is 2.83. The van der Waals surface area contributed by atoms with Crippen molar-refractivity contribution in [1.29, 1.82) is 0 Å². The van der Waals surface area contributed by atoms with Gasteiger partial charge in [-0.15, -0.1) is 24.0 Å². The highest BCUT2D eigenvalue weighted by molar-refractivity contribution is 14.0. The zero-order chi connectivity index (χ0) is 21.5. The SMILES string of the molecule is CCNC(=NCc1cccnc1N1CCN(C)CC1)N1CC=C(c2ccccc2)CC1.I. The molecule has 4 rings (SSSR count). The van der Waals surface area contributed by atoms with Gasteiger partial charge in [-0.3, -0.25) is 0 Å². The van der Waals surface area contributed by atoms with E-state index in [0.717, 1.165) is 64.0 Å². The summed E-state index contributed by atoms with van der Waals surface area (Å²) in [4.78, 5) is 16.8. The van der Waals surface area contributed by atoms with Crippen LogP contribution in [0.2, 0.25) is 0 Å². The highest BCUT2D eigenvalue weighted by atomic mass is 127. The molecule has 2 aliphatic heterocycles. The van der Waals surface area contributed by atoms with Crippen molar-refractivity contribution in [1.82, 2.24) is 20.1 Å². The number of rotatable bonds is 5. The first-order chi connectivity index (χ1) is 15.2. The second-order valence-electron chi connectivity index (χ2n) is 8.24. The molecule has 1 N–H and O–H groups in total. The predicted octanol–water partition coefficient (Wildman–Crippen LogP) is 3.71. The number of halogens is 1. The second kappa shape index (κ2) is 12.2. The van der Waals surface area contributed by atoms with Crippen molar-refractivity contribution in [2.24, 2.45) is 4.99 Å². The van der Waals surface area contributed by atoms with E-state index < -0.39 is 0 Å². The average molecular weight is 547 g/mol. The smallest absolute Gasteiger partial charge is 0.194 e. The molecular formula is C25H35IN6. The van der Waals surface area contributed by atoms with Crippen LogP contribution >= 0.6 is 24.0 Å². The summed E-state index contributed by atoms with van der Waals surface area (Å²) in [6.07, 6.45) is 5.27. The summed E-state index contributed by atoms with van der Waals surface area (Å²) in [5.41, 5.74) is 3.95. The molecule has 6 nitrogen and oxygen atoms in total. The van der Waals surface area contributed by atoms with Crippen LogP contribution < -0.4 is 10.2 Å². The number of guanidine groups is 1. The lowest BCUT2D eigenvalue weighted by Gasteiger charge is -2.34. The minimum absolute atomic E-state index is 0. The summed E-state index contributed by atoms with van der Waals surface area (Å²) in [6, 6.07) is 14.9. The Bertz CT molecular complexity index is 906. The van der Waals surface area contributed by atoms with Crippen LogP contribution in [0, 0.1) is 0 Å². The molecule has 172 valence electrons. The van der Waals surface area contributed by atoms with Crippen molar-refractivity contribution in [2.75, 3.05) is 57.8 Å². The monoisotopic (exact) mass is 546 g/mol.